The van der Waals surface area contributed by atoms with Crippen LogP contribution >= 0.6 is 23.2 Å². The van der Waals surface area contributed by atoms with Gasteiger partial charge in [0.1, 0.15) is 6.61 Å². The van der Waals surface area contributed by atoms with Crippen LogP contribution in [0.4, 0.5) is 0 Å². The Morgan fingerprint density at radius 2 is 1.56 bits per heavy atom. The summed E-state index contributed by atoms with van der Waals surface area (Å²) in [5, 5.41) is 9.84. The third-order valence-electron chi connectivity index (χ3n) is 5.74. The number of rotatable bonds is 7. The summed E-state index contributed by atoms with van der Waals surface area (Å²) in [6, 6.07) is 19.7. The topological polar surface area (TPSA) is 89.6 Å². The summed E-state index contributed by atoms with van der Waals surface area (Å²) >= 11 is 12.3. The van der Waals surface area contributed by atoms with E-state index >= 15 is 0 Å². The highest BCUT2D eigenvalue weighted by Gasteiger charge is 2.34. The molecule has 7 heteroatoms. The van der Waals surface area contributed by atoms with Crippen LogP contribution < -0.4 is 5.73 Å². The van der Waals surface area contributed by atoms with Crippen molar-refractivity contribution in [3.05, 3.63) is 93.5 Å². The highest BCUT2D eigenvalue weighted by atomic mass is 35.5. The molecule has 0 radical (unpaired) electrons. The van der Waals surface area contributed by atoms with Gasteiger partial charge in [-0.2, -0.15) is 0 Å². The largest absolute Gasteiger partial charge is 0.481 e. The molecule has 164 valence electrons. The second-order valence-electron chi connectivity index (χ2n) is 7.76. The van der Waals surface area contributed by atoms with Gasteiger partial charge in [-0.15, -0.1) is 0 Å². The van der Waals surface area contributed by atoms with Crippen molar-refractivity contribution in [2.45, 2.75) is 24.3 Å². The number of hydrogen-bond donors (Lipinski definition) is 2. The number of fused-ring (bicyclic) bond motifs is 3. The summed E-state index contributed by atoms with van der Waals surface area (Å²) in [6.45, 7) is 0.106. The molecule has 5 nitrogen and oxygen atoms in total. The second-order valence-corrected chi connectivity index (χ2v) is 8.61. The molecule has 0 unspecified atom stereocenters. The quantitative estimate of drug-likeness (QED) is 0.462. The van der Waals surface area contributed by atoms with Gasteiger partial charge in [0.2, 0.25) is 0 Å². The summed E-state index contributed by atoms with van der Waals surface area (Å²) in [5.74, 6) is -2.89. The predicted octanol–water partition coefficient (Wildman–Crippen LogP) is 5.23. The maximum Gasteiger partial charge on any atom is 0.315 e. The molecule has 0 saturated heterocycles. The van der Waals surface area contributed by atoms with Gasteiger partial charge >= 0.3 is 11.9 Å². The molecule has 0 saturated carbocycles. The lowest BCUT2D eigenvalue weighted by molar-refractivity contribution is -0.146. The summed E-state index contributed by atoms with van der Waals surface area (Å²) in [5.41, 5.74) is 10.9. The van der Waals surface area contributed by atoms with E-state index in [-0.39, 0.29) is 17.5 Å². The molecule has 3 N–H and O–H groups in total. The summed E-state index contributed by atoms with van der Waals surface area (Å²) in [4.78, 5) is 24.5. The van der Waals surface area contributed by atoms with Crippen LogP contribution in [0.1, 0.15) is 34.9 Å². The summed E-state index contributed by atoms with van der Waals surface area (Å²) < 4.78 is 5.74. The minimum atomic E-state index is -1.11. The average molecular weight is 470 g/mol. The van der Waals surface area contributed by atoms with Crippen molar-refractivity contribution >= 4 is 35.1 Å². The van der Waals surface area contributed by atoms with Gasteiger partial charge in [-0.05, 0) is 39.9 Å². The van der Waals surface area contributed by atoms with Gasteiger partial charge < -0.3 is 15.6 Å². The third kappa shape index (κ3) is 4.37. The fourth-order valence-corrected chi connectivity index (χ4v) is 4.83. The van der Waals surface area contributed by atoms with Crippen LogP contribution in [-0.4, -0.2) is 29.7 Å². The van der Waals surface area contributed by atoms with Crippen LogP contribution in [0, 0.1) is 0 Å². The van der Waals surface area contributed by atoms with E-state index < -0.39 is 30.3 Å². The van der Waals surface area contributed by atoms with E-state index in [0.717, 1.165) is 22.3 Å². The molecule has 0 amide bonds. The Labute approximate surface area is 195 Å². The zero-order chi connectivity index (χ0) is 22.8. The van der Waals surface area contributed by atoms with Crippen molar-refractivity contribution in [2.24, 2.45) is 5.73 Å². The molecule has 0 bridgehead atoms. The van der Waals surface area contributed by atoms with Crippen molar-refractivity contribution in [1.82, 2.24) is 0 Å². The van der Waals surface area contributed by atoms with Crippen LogP contribution in [0.2, 0.25) is 10.0 Å². The van der Waals surface area contributed by atoms with Crippen molar-refractivity contribution in [1.29, 1.82) is 0 Å². The average Bonchev–Trinajstić information content (AvgIpc) is 3.07. The fraction of sp³-hybridized carbons (Fsp3) is 0.200. The normalized spacial score (nSPS) is 14.3. The highest BCUT2D eigenvalue weighted by molar-refractivity contribution is 6.35. The van der Waals surface area contributed by atoms with E-state index in [1.165, 1.54) is 6.07 Å². The molecular formula is C25H21Cl2NO4. The molecule has 3 aromatic carbocycles. The Kier molecular flexibility index (Phi) is 6.51. The number of halogens is 2. The minimum absolute atomic E-state index is 0.106. The molecule has 4 rings (SSSR count). The zero-order valence-corrected chi connectivity index (χ0v) is 18.5. The highest BCUT2D eigenvalue weighted by Crippen LogP contribution is 2.44. The van der Waals surface area contributed by atoms with E-state index in [2.05, 4.69) is 12.1 Å². The Bertz CT molecular complexity index is 1130. The molecule has 1 aliphatic carbocycles. The van der Waals surface area contributed by atoms with Gasteiger partial charge in [-0.1, -0.05) is 77.8 Å². The number of nitrogens with two attached hydrogens (primary N) is 1. The Hall–Kier alpha value is -2.86. The smallest absolute Gasteiger partial charge is 0.315 e. The van der Waals surface area contributed by atoms with Crippen molar-refractivity contribution in [2.75, 3.05) is 6.61 Å². The molecule has 32 heavy (non-hydrogen) atoms. The van der Waals surface area contributed by atoms with E-state index in [1.54, 1.807) is 12.1 Å². The predicted molar refractivity (Wildman–Crippen MR) is 124 cm³/mol. The first-order valence-corrected chi connectivity index (χ1v) is 10.9. The van der Waals surface area contributed by atoms with Crippen LogP contribution in [0.15, 0.2) is 66.7 Å². The molecule has 0 spiro atoms. The van der Waals surface area contributed by atoms with Gasteiger partial charge in [-0.3, -0.25) is 9.59 Å². The van der Waals surface area contributed by atoms with Gasteiger partial charge in [0.25, 0.3) is 0 Å². The minimum Gasteiger partial charge on any atom is -0.481 e. The second kappa shape index (κ2) is 9.33. The first-order chi connectivity index (χ1) is 15.4. The van der Waals surface area contributed by atoms with Crippen LogP contribution in [0.25, 0.3) is 11.1 Å². The van der Waals surface area contributed by atoms with Gasteiger partial charge in [0.15, 0.2) is 0 Å². The summed E-state index contributed by atoms with van der Waals surface area (Å²) in [6.07, 6.45) is -0.409. The maximum absolute atomic E-state index is 13.2. The Morgan fingerprint density at radius 3 is 2.12 bits per heavy atom. The number of aliphatic carboxylic acids is 1. The number of carboxylic acids is 1. The first kappa shape index (κ1) is 22.3. The summed E-state index contributed by atoms with van der Waals surface area (Å²) in [7, 11) is 0. The third-order valence-corrected chi connectivity index (χ3v) is 6.31. The van der Waals surface area contributed by atoms with E-state index in [0.29, 0.717) is 10.6 Å². The van der Waals surface area contributed by atoms with Gasteiger partial charge in [0, 0.05) is 22.0 Å². The van der Waals surface area contributed by atoms with E-state index in [9.17, 15) is 14.7 Å². The molecule has 0 fully saturated rings. The van der Waals surface area contributed by atoms with Crippen molar-refractivity contribution in [3.63, 3.8) is 0 Å². The number of carbonyl (C=O) groups excluding carboxylic acids is 1. The van der Waals surface area contributed by atoms with Crippen LogP contribution in [-0.2, 0) is 14.3 Å². The molecular weight excluding hydrogens is 449 g/mol. The fourth-order valence-electron chi connectivity index (χ4n) is 4.30. The van der Waals surface area contributed by atoms with Gasteiger partial charge in [-0.25, -0.2) is 0 Å². The van der Waals surface area contributed by atoms with Crippen LogP contribution in [0.5, 0.6) is 0 Å². The lowest BCUT2D eigenvalue weighted by Gasteiger charge is -2.24. The number of ether oxygens (including phenoxy) is 1. The number of benzene rings is 3. The number of carbonyl (C=O) groups is 2. The maximum atomic E-state index is 13.2. The molecule has 3 aromatic rings. The Balaban J connectivity index is 1.61. The zero-order valence-electron chi connectivity index (χ0n) is 17.0. The van der Waals surface area contributed by atoms with Gasteiger partial charge in [0.05, 0.1) is 12.3 Å². The SMILES string of the molecule is N[C@H](CC(=O)O)[C@H](C(=O)OCC1c2ccccc2-c2ccccc21)c1ccc(Cl)cc1Cl. The molecule has 0 aliphatic heterocycles. The lowest BCUT2D eigenvalue weighted by Crippen LogP contribution is -2.37. The van der Waals surface area contributed by atoms with E-state index in [4.69, 9.17) is 33.7 Å². The van der Waals surface area contributed by atoms with Crippen molar-refractivity contribution in [3.8, 4) is 11.1 Å². The standard InChI is InChI=1S/C25H21Cl2NO4/c26-14-9-10-19(21(27)11-14)24(22(28)12-23(29)30)25(31)32-13-20-17-7-3-1-5-15(17)16-6-2-4-8-18(16)20/h1-11,20,22,24H,12-13,28H2,(H,29,30)/t22-,24-/m1/s1. The Morgan fingerprint density at radius 1 is 0.969 bits per heavy atom. The number of hydrogen-bond acceptors (Lipinski definition) is 4. The number of carboxylic acid groups (broad SMARTS) is 1. The molecule has 2 atom stereocenters. The molecule has 0 aromatic heterocycles. The van der Waals surface area contributed by atoms with E-state index in [1.807, 2.05) is 36.4 Å². The van der Waals surface area contributed by atoms with Crippen molar-refractivity contribution < 1.29 is 19.4 Å². The number of esters is 1. The lowest BCUT2D eigenvalue weighted by atomic mass is 9.90. The first-order valence-electron chi connectivity index (χ1n) is 10.1. The van der Waals surface area contributed by atoms with Crippen LogP contribution in [0.3, 0.4) is 0 Å². The monoisotopic (exact) mass is 469 g/mol. The molecule has 0 heterocycles. The molecule has 1 aliphatic rings.